The zero-order chi connectivity index (χ0) is 11.0. The fraction of sp³-hybridized carbons (Fsp3) is 0.500. The number of hydrogen-bond acceptors (Lipinski definition) is 3. The molecule has 0 unspecified atom stereocenters. The fourth-order valence-electron chi connectivity index (χ4n) is 1.54. The first-order valence-corrected chi connectivity index (χ1v) is 5.02. The summed E-state index contributed by atoms with van der Waals surface area (Å²) >= 11 is 0. The van der Waals surface area contributed by atoms with Crippen molar-refractivity contribution in [1.82, 2.24) is 19.6 Å². The van der Waals surface area contributed by atoms with Crippen molar-refractivity contribution in [3.8, 4) is 0 Å². The van der Waals surface area contributed by atoms with Crippen LogP contribution >= 0.6 is 0 Å². The van der Waals surface area contributed by atoms with Gasteiger partial charge in [0.25, 0.3) is 0 Å². The Labute approximate surface area is 87.2 Å². The number of nitrogens with zero attached hydrogens (tertiary/aromatic N) is 3. The molecular weight excluding hydrogens is 192 g/mol. The van der Waals surface area contributed by atoms with Crippen molar-refractivity contribution in [2.24, 2.45) is 5.92 Å². The van der Waals surface area contributed by atoms with Crippen LogP contribution in [0, 0.1) is 12.8 Å². The quantitative estimate of drug-likeness (QED) is 0.794. The van der Waals surface area contributed by atoms with E-state index in [0.717, 1.165) is 17.9 Å². The molecular formula is C10H14N4O. The first-order chi connectivity index (χ1) is 7.06. The number of H-pyrrole nitrogens is 1. The van der Waals surface area contributed by atoms with Gasteiger partial charge in [-0.15, -0.1) is 0 Å². The summed E-state index contributed by atoms with van der Waals surface area (Å²) in [5.74, 6) is 1.20. The highest BCUT2D eigenvalue weighted by Crippen LogP contribution is 2.04. The molecule has 0 fully saturated rings. The third-order valence-corrected chi connectivity index (χ3v) is 2.11. The molecule has 2 heterocycles. The Bertz CT molecular complexity index is 538. The molecule has 0 aliphatic heterocycles. The Balaban J connectivity index is 2.57. The van der Waals surface area contributed by atoms with Gasteiger partial charge < -0.3 is 0 Å². The standard InChI is InChI=1S/C10H14N4O/c1-6(2)4-8-11-9-5-7(3)13-14(9)10(15)12-8/h5-6H,4H2,1-3H3,(H,11,12,15). The maximum absolute atomic E-state index is 11.6. The summed E-state index contributed by atoms with van der Waals surface area (Å²) in [6.07, 6.45) is 0.774. The van der Waals surface area contributed by atoms with Gasteiger partial charge in [0.1, 0.15) is 5.82 Å². The Morgan fingerprint density at radius 3 is 2.93 bits per heavy atom. The SMILES string of the molecule is Cc1cc2nc(CC(C)C)[nH]c(=O)n2n1. The van der Waals surface area contributed by atoms with Crippen molar-refractivity contribution in [2.75, 3.05) is 0 Å². The van der Waals surface area contributed by atoms with Crippen LogP contribution in [-0.4, -0.2) is 19.6 Å². The third-order valence-electron chi connectivity index (χ3n) is 2.11. The van der Waals surface area contributed by atoms with Crippen LogP contribution in [0.2, 0.25) is 0 Å². The lowest BCUT2D eigenvalue weighted by Crippen LogP contribution is -2.21. The van der Waals surface area contributed by atoms with E-state index in [0.29, 0.717) is 11.6 Å². The molecule has 0 aliphatic carbocycles. The minimum atomic E-state index is -0.219. The second-order valence-electron chi connectivity index (χ2n) is 4.14. The largest absolute Gasteiger partial charge is 0.349 e. The van der Waals surface area contributed by atoms with Gasteiger partial charge in [0.15, 0.2) is 5.65 Å². The van der Waals surface area contributed by atoms with Crippen LogP contribution in [0.3, 0.4) is 0 Å². The van der Waals surface area contributed by atoms with Crippen molar-refractivity contribution in [1.29, 1.82) is 0 Å². The number of rotatable bonds is 2. The molecule has 2 aromatic heterocycles. The van der Waals surface area contributed by atoms with E-state index in [1.807, 2.05) is 6.92 Å². The van der Waals surface area contributed by atoms with Gasteiger partial charge in [0.2, 0.25) is 0 Å². The topological polar surface area (TPSA) is 63.0 Å². The predicted molar refractivity (Wildman–Crippen MR) is 56.9 cm³/mol. The summed E-state index contributed by atoms with van der Waals surface area (Å²) in [5, 5.41) is 4.04. The molecule has 80 valence electrons. The van der Waals surface area contributed by atoms with Gasteiger partial charge in [-0.05, 0) is 12.8 Å². The molecule has 0 bridgehead atoms. The van der Waals surface area contributed by atoms with Crippen LogP contribution < -0.4 is 5.69 Å². The van der Waals surface area contributed by atoms with Crippen LogP contribution in [0.1, 0.15) is 25.4 Å². The van der Waals surface area contributed by atoms with E-state index in [-0.39, 0.29) is 5.69 Å². The first-order valence-electron chi connectivity index (χ1n) is 5.02. The number of fused-ring (bicyclic) bond motifs is 1. The number of aromatic nitrogens is 4. The normalized spacial score (nSPS) is 11.5. The molecule has 2 aromatic rings. The summed E-state index contributed by atoms with van der Waals surface area (Å²) in [7, 11) is 0. The highest BCUT2D eigenvalue weighted by Gasteiger charge is 2.06. The summed E-state index contributed by atoms with van der Waals surface area (Å²) in [6, 6.07) is 1.80. The van der Waals surface area contributed by atoms with E-state index in [4.69, 9.17) is 0 Å². The van der Waals surface area contributed by atoms with Gasteiger partial charge in [0.05, 0.1) is 5.69 Å². The maximum Gasteiger partial charge on any atom is 0.349 e. The van der Waals surface area contributed by atoms with E-state index in [1.165, 1.54) is 4.52 Å². The third kappa shape index (κ3) is 1.91. The number of hydrogen-bond donors (Lipinski definition) is 1. The van der Waals surface area contributed by atoms with Crippen molar-refractivity contribution < 1.29 is 0 Å². The second kappa shape index (κ2) is 3.49. The highest BCUT2D eigenvalue weighted by atomic mass is 16.1. The minimum absolute atomic E-state index is 0.219. The van der Waals surface area contributed by atoms with Crippen LogP contribution in [0.5, 0.6) is 0 Å². The smallest absolute Gasteiger partial charge is 0.294 e. The molecule has 0 aromatic carbocycles. The molecule has 0 atom stereocenters. The van der Waals surface area contributed by atoms with Crippen molar-refractivity contribution in [3.63, 3.8) is 0 Å². The van der Waals surface area contributed by atoms with Crippen molar-refractivity contribution in [3.05, 3.63) is 28.1 Å². The van der Waals surface area contributed by atoms with Crippen LogP contribution in [0.15, 0.2) is 10.9 Å². The molecule has 0 saturated carbocycles. The monoisotopic (exact) mass is 206 g/mol. The lowest BCUT2D eigenvalue weighted by molar-refractivity contribution is 0.612. The summed E-state index contributed by atoms with van der Waals surface area (Å²) in [6.45, 7) is 6.02. The van der Waals surface area contributed by atoms with Crippen LogP contribution in [-0.2, 0) is 6.42 Å². The number of nitrogens with one attached hydrogen (secondary N) is 1. The van der Waals surface area contributed by atoms with Crippen molar-refractivity contribution in [2.45, 2.75) is 27.2 Å². The van der Waals surface area contributed by atoms with Gasteiger partial charge in [-0.3, -0.25) is 4.98 Å². The van der Waals surface area contributed by atoms with Gasteiger partial charge in [-0.1, -0.05) is 13.8 Å². The molecule has 5 heteroatoms. The molecule has 1 N–H and O–H groups in total. The van der Waals surface area contributed by atoms with E-state index in [1.54, 1.807) is 6.07 Å². The predicted octanol–water partition coefficient (Wildman–Crippen LogP) is 0.925. The molecule has 0 aliphatic rings. The molecule has 2 rings (SSSR count). The zero-order valence-corrected chi connectivity index (χ0v) is 9.11. The summed E-state index contributed by atoms with van der Waals surface area (Å²) in [4.78, 5) is 18.7. The average molecular weight is 206 g/mol. The van der Waals surface area contributed by atoms with Gasteiger partial charge in [0, 0.05) is 12.5 Å². The van der Waals surface area contributed by atoms with E-state index in [2.05, 4.69) is 28.9 Å². The van der Waals surface area contributed by atoms with E-state index < -0.39 is 0 Å². The molecule has 15 heavy (non-hydrogen) atoms. The van der Waals surface area contributed by atoms with Crippen molar-refractivity contribution >= 4 is 5.65 Å². The molecule has 0 spiro atoms. The number of aromatic amines is 1. The van der Waals surface area contributed by atoms with Crippen LogP contribution in [0.25, 0.3) is 5.65 Å². The Hall–Kier alpha value is -1.65. The lowest BCUT2D eigenvalue weighted by atomic mass is 10.1. The molecule has 0 radical (unpaired) electrons. The second-order valence-corrected chi connectivity index (χ2v) is 4.14. The van der Waals surface area contributed by atoms with E-state index >= 15 is 0 Å². The molecule has 5 nitrogen and oxygen atoms in total. The lowest BCUT2D eigenvalue weighted by Gasteiger charge is -2.03. The molecule has 0 saturated heterocycles. The summed E-state index contributed by atoms with van der Waals surface area (Å²) in [5.41, 5.74) is 1.20. The fourth-order valence-corrected chi connectivity index (χ4v) is 1.54. The average Bonchev–Trinajstić information content (AvgIpc) is 2.44. The Kier molecular flexibility index (Phi) is 2.30. The Morgan fingerprint density at radius 1 is 1.53 bits per heavy atom. The summed E-state index contributed by atoms with van der Waals surface area (Å²) < 4.78 is 1.29. The maximum atomic E-state index is 11.6. The first kappa shape index (κ1) is 9.89. The molecule has 0 amide bonds. The zero-order valence-electron chi connectivity index (χ0n) is 9.11. The van der Waals surface area contributed by atoms with Gasteiger partial charge in [-0.2, -0.15) is 9.61 Å². The van der Waals surface area contributed by atoms with E-state index in [9.17, 15) is 4.79 Å². The number of aryl methyl sites for hydroxylation is 1. The van der Waals surface area contributed by atoms with Gasteiger partial charge >= 0.3 is 5.69 Å². The van der Waals surface area contributed by atoms with Gasteiger partial charge in [-0.25, -0.2) is 9.78 Å². The Morgan fingerprint density at radius 2 is 2.27 bits per heavy atom. The van der Waals surface area contributed by atoms with Crippen LogP contribution in [0.4, 0.5) is 0 Å². The minimum Gasteiger partial charge on any atom is -0.294 e. The highest BCUT2D eigenvalue weighted by molar-refractivity contribution is 5.37.